The highest BCUT2D eigenvalue weighted by Gasteiger charge is 2.54. The highest BCUT2D eigenvalue weighted by Crippen LogP contribution is 2.73. The van der Waals surface area contributed by atoms with Crippen LogP contribution in [0, 0.1) is 11.8 Å². The Kier molecular flexibility index (Phi) is 2.82. The molecular formula is C16H23P. The van der Waals surface area contributed by atoms with E-state index in [-0.39, 0.29) is 7.92 Å². The van der Waals surface area contributed by atoms with Gasteiger partial charge in [0.1, 0.15) is 0 Å². The number of fused-ring (bicyclic) bond motifs is 1. The highest BCUT2D eigenvalue weighted by atomic mass is 31.1. The Morgan fingerprint density at radius 2 is 2.29 bits per heavy atom. The molecule has 1 heteroatoms. The Morgan fingerprint density at radius 1 is 1.47 bits per heavy atom. The molecule has 0 aromatic rings. The summed E-state index contributed by atoms with van der Waals surface area (Å²) in [7, 11) is 0.177. The molecule has 3 rings (SSSR count). The zero-order valence-corrected chi connectivity index (χ0v) is 12.1. The Bertz CT molecular complexity index is 415. The summed E-state index contributed by atoms with van der Waals surface area (Å²) in [6.45, 7) is 7.06. The maximum Gasteiger partial charge on any atom is 0.0232 e. The van der Waals surface area contributed by atoms with Crippen molar-refractivity contribution in [1.82, 2.24) is 0 Å². The molecule has 4 atom stereocenters. The third-order valence-electron chi connectivity index (χ3n) is 4.93. The summed E-state index contributed by atoms with van der Waals surface area (Å²) in [4.78, 5) is 0. The van der Waals surface area contributed by atoms with Crippen molar-refractivity contribution >= 4 is 7.92 Å². The minimum Gasteiger partial charge on any atom is -0.0853 e. The predicted octanol–water partition coefficient (Wildman–Crippen LogP) is 5.08. The van der Waals surface area contributed by atoms with Crippen molar-refractivity contribution in [3.8, 4) is 0 Å². The van der Waals surface area contributed by atoms with Gasteiger partial charge in [0.05, 0.1) is 0 Å². The van der Waals surface area contributed by atoms with Gasteiger partial charge in [-0.15, -0.1) is 0 Å². The van der Waals surface area contributed by atoms with Crippen molar-refractivity contribution in [3.05, 3.63) is 35.2 Å². The van der Waals surface area contributed by atoms with Crippen LogP contribution in [-0.2, 0) is 0 Å². The first-order valence-electron chi connectivity index (χ1n) is 7.07. The van der Waals surface area contributed by atoms with Crippen molar-refractivity contribution in [2.24, 2.45) is 11.8 Å². The molecule has 1 spiro atoms. The lowest BCUT2D eigenvalue weighted by molar-refractivity contribution is 0.484. The summed E-state index contributed by atoms with van der Waals surface area (Å²) < 4.78 is 0. The number of allylic oxidation sites excluding steroid dienone is 5. The van der Waals surface area contributed by atoms with E-state index in [2.05, 4.69) is 44.8 Å². The predicted molar refractivity (Wildman–Crippen MR) is 77.7 cm³/mol. The minimum absolute atomic E-state index is 0.177. The van der Waals surface area contributed by atoms with Crippen LogP contribution in [0.25, 0.3) is 0 Å². The molecule has 3 aliphatic rings. The van der Waals surface area contributed by atoms with Crippen molar-refractivity contribution in [2.75, 3.05) is 6.16 Å². The maximum absolute atomic E-state index is 2.59. The average Bonchev–Trinajstić information content (AvgIpc) is 2.66. The number of hydrogen-bond acceptors (Lipinski definition) is 0. The van der Waals surface area contributed by atoms with Crippen molar-refractivity contribution in [2.45, 2.75) is 45.2 Å². The number of hydrogen-bond donors (Lipinski definition) is 0. The Hall–Kier alpha value is -0.350. The van der Waals surface area contributed by atoms with E-state index in [0.717, 1.165) is 11.8 Å². The molecule has 1 aliphatic heterocycles. The van der Waals surface area contributed by atoms with Gasteiger partial charge in [0.2, 0.25) is 0 Å². The molecule has 1 heterocycles. The van der Waals surface area contributed by atoms with E-state index in [4.69, 9.17) is 0 Å². The first kappa shape index (κ1) is 11.7. The molecule has 0 radical (unpaired) electrons. The van der Waals surface area contributed by atoms with E-state index in [1.54, 1.807) is 11.1 Å². The second-order valence-electron chi connectivity index (χ2n) is 5.79. The zero-order chi connectivity index (χ0) is 12.0. The van der Waals surface area contributed by atoms with Crippen molar-refractivity contribution < 1.29 is 0 Å². The molecule has 2 bridgehead atoms. The quantitative estimate of drug-likeness (QED) is 0.471. The summed E-state index contributed by atoms with van der Waals surface area (Å²) >= 11 is 0. The summed E-state index contributed by atoms with van der Waals surface area (Å²) in [6, 6.07) is 0. The standard InChI is InChI=1S/C16H23P/c1-4-6-13-9-16-10-15(13)12(3)7-8-14(16)11-17(16)5-2/h6-8,11-12,15H,4-5,9-10H2,1-3H3/b13-6-. The molecule has 0 amide bonds. The van der Waals surface area contributed by atoms with Crippen LogP contribution in [0.3, 0.4) is 0 Å². The normalized spacial score (nSPS) is 45.2. The summed E-state index contributed by atoms with van der Waals surface area (Å²) in [6.07, 6.45) is 12.8. The zero-order valence-electron chi connectivity index (χ0n) is 11.2. The Morgan fingerprint density at radius 3 is 3.00 bits per heavy atom. The SMILES string of the molecule is CC/C=C1/CC23CC1C(C)C=CC2=CP3CC. The van der Waals surface area contributed by atoms with Crippen LogP contribution in [0.5, 0.6) is 0 Å². The maximum atomic E-state index is 2.59. The second kappa shape index (κ2) is 4.09. The third kappa shape index (κ3) is 1.53. The van der Waals surface area contributed by atoms with Gasteiger partial charge in [0.25, 0.3) is 0 Å². The molecule has 0 aromatic heterocycles. The smallest absolute Gasteiger partial charge is 0.0232 e. The van der Waals surface area contributed by atoms with Gasteiger partial charge in [-0.05, 0) is 42.8 Å². The van der Waals surface area contributed by atoms with Crippen LogP contribution in [0.4, 0.5) is 0 Å². The van der Waals surface area contributed by atoms with Crippen LogP contribution >= 0.6 is 7.92 Å². The molecule has 92 valence electrons. The number of rotatable bonds is 2. The van der Waals surface area contributed by atoms with E-state index >= 15 is 0 Å². The minimum atomic E-state index is 0.177. The van der Waals surface area contributed by atoms with Gasteiger partial charge in [-0.2, -0.15) is 0 Å². The van der Waals surface area contributed by atoms with E-state index in [9.17, 15) is 0 Å². The molecular weight excluding hydrogens is 223 g/mol. The van der Waals surface area contributed by atoms with E-state index in [0.29, 0.717) is 5.16 Å². The molecule has 1 saturated carbocycles. The van der Waals surface area contributed by atoms with Crippen LogP contribution in [-0.4, -0.2) is 11.3 Å². The molecule has 1 fully saturated rings. The molecule has 0 N–H and O–H groups in total. The largest absolute Gasteiger partial charge is 0.0853 e. The van der Waals surface area contributed by atoms with Gasteiger partial charge in [0, 0.05) is 5.16 Å². The lowest BCUT2D eigenvalue weighted by Gasteiger charge is -2.45. The van der Waals surface area contributed by atoms with E-state index in [1.807, 2.05) is 0 Å². The summed E-state index contributed by atoms with van der Waals surface area (Å²) in [5, 5.41) is 0.608. The molecule has 4 unspecified atom stereocenters. The fraction of sp³-hybridized carbons (Fsp3) is 0.625. The Balaban J connectivity index is 2.01. The molecule has 0 saturated heterocycles. The second-order valence-corrected chi connectivity index (χ2v) is 8.48. The van der Waals surface area contributed by atoms with Crippen molar-refractivity contribution in [1.29, 1.82) is 0 Å². The van der Waals surface area contributed by atoms with E-state index < -0.39 is 0 Å². The lowest BCUT2D eigenvalue weighted by Crippen LogP contribution is -2.31. The Labute approximate surface area is 107 Å². The molecule has 0 nitrogen and oxygen atoms in total. The van der Waals surface area contributed by atoms with E-state index in [1.165, 1.54) is 25.4 Å². The van der Waals surface area contributed by atoms with Crippen LogP contribution in [0.1, 0.15) is 40.0 Å². The average molecular weight is 246 g/mol. The fourth-order valence-electron chi connectivity index (χ4n) is 3.98. The highest BCUT2D eigenvalue weighted by molar-refractivity contribution is 7.64. The van der Waals surface area contributed by atoms with Crippen LogP contribution < -0.4 is 0 Å². The third-order valence-corrected chi connectivity index (χ3v) is 7.90. The van der Waals surface area contributed by atoms with Gasteiger partial charge in [-0.25, -0.2) is 0 Å². The summed E-state index contributed by atoms with van der Waals surface area (Å²) in [5.74, 6) is 4.18. The van der Waals surface area contributed by atoms with Gasteiger partial charge in [0.15, 0.2) is 0 Å². The topological polar surface area (TPSA) is 0 Å². The summed E-state index contributed by atoms with van der Waals surface area (Å²) in [5.41, 5.74) is 3.45. The van der Waals surface area contributed by atoms with Gasteiger partial charge in [-0.3, -0.25) is 0 Å². The van der Waals surface area contributed by atoms with Gasteiger partial charge >= 0.3 is 0 Å². The van der Waals surface area contributed by atoms with Crippen LogP contribution in [0.2, 0.25) is 0 Å². The fourth-order valence-corrected chi connectivity index (χ4v) is 6.76. The lowest BCUT2D eigenvalue weighted by atomic mass is 9.89. The van der Waals surface area contributed by atoms with Gasteiger partial charge in [-0.1, -0.05) is 58.3 Å². The first-order valence-corrected chi connectivity index (χ1v) is 8.67. The van der Waals surface area contributed by atoms with Crippen LogP contribution in [0.15, 0.2) is 35.2 Å². The molecule has 2 aliphatic carbocycles. The molecule has 17 heavy (non-hydrogen) atoms. The van der Waals surface area contributed by atoms with Gasteiger partial charge < -0.3 is 0 Å². The van der Waals surface area contributed by atoms with Crippen molar-refractivity contribution in [3.63, 3.8) is 0 Å². The first-order chi connectivity index (χ1) is 8.21. The molecule has 0 aromatic carbocycles. The monoisotopic (exact) mass is 246 g/mol.